The van der Waals surface area contributed by atoms with Crippen LogP contribution in [-0.2, 0) is 10.0 Å². The van der Waals surface area contributed by atoms with E-state index in [1.165, 1.54) is 4.31 Å². The molecule has 5 rings (SSSR count). The Morgan fingerprint density at radius 1 is 0.941 bits per heavy atom. The molecule has 0 saturated carbocycles. The zero-order chi connectivity index (χ0) is 23.5. The summed E-state index contributed by atoms with van der Waals surface area (Å²) in [5.41, 5.74) is 1.18. The largest absolute Gasteiger partial charge is 0.411 e. The van der Waals surface area contributed by atoms with Crippen molar-refractivity contribution in [3.63, 3.8) is 0 Å². The number of hydrogen-bond donors (Lipinski definition) is 0. The lowest BCUT2D eigenvalue weighted by atomic mass is 10.0. The Kier molecular flexibility index (Phi) is 6.49. The van der Waals surface area contributed by atoms with Crippen LogP contribution >= 0.6 is 11.8 Å². The number of ketones is 1. The fourth-order valence-corrected chi connectivity index (χ4v) is 6.31. The highest BCUT2D eigenvalue weighted by atomic mass is 32.2. The molecule has 7 nitrogen and oxygen atoms in total. The number of fused-ring (bicyclic) bond motifs is 1. The molecule has 0 radical (unpaired) electrons. The smallest absolute Gasteiger partial charge is 0.277 e. The average molecular weight is 494 g/mol. The number of carbonyl (C=O) groups is 1. The fourth-order valence-electron chi connectivity index (χ4n) is 4.10. The van der Waals surface area contributed by atoms with E-state index in [1.54, 1.807) is 24.3 Å². The molecule has 0 bridgehead atoms. The molecule has 0 atom stereocenters. The third-order valence-corrected chi connectivity index (χ3v) is 8.57. The van der Waals surface area contributed by atoms with Crippen molar-refractivity contribution in [2.45, 2.75) is 29.4 Å². The number of piperidine rings is 1. The van der Waals surface area contributed by atoms with Gasteiger partial charge in [-0.2, -0.15) is 4.31 Å². The van der Waals surface area contributed by atoms with Crippen LogP contribution in [0.15, 0.2) is 81.3 Å². The van der Waals surface area contributed by atoms with Crippen molar-refractivity contribution in [1.82, 2.24) is 14.5 Å². The van der Waals surface area contributed by atoms with Crippen LogP contribution in [0.3, 0.4) is 0 Å². The number of rotatable bonds is 7. The summed E-state index contributed by atoms with van der Waals surface area (Å²) in [6, 6.07) is 20.0. The molecule has 1 saturated heterocycles. The molecule has 0 unspecified atom stereocenters. The van der Waals surface area contributed by atoms with E-state index in [9.17, 15) is 13.2 Å². The van der Waals surface area contributed by atoms with Gasteiger partial charge in [0.2, 0.25) is 15.9 Å². The highest BCUT2D eigenvalue weighted by Gasteiger charge is 2.26. The predicted molar refractivity (Wildman–Crippen MR) is 131 cm³/mol. The Morgan fingerprint density at radius 3 is 2.56 bits per heavy atom. The fraction of sp³-hybridized carbons (Fsp3) is 0.240. The van der Waals surface area contributed by atoms with Gasteiger partial charge in [-0.15, -0.1) is 10.2 Å². The minimum Gasteiger partial charge on any atom is -0.411 e. The molecule has 1 fully saturated rings. The Labute approximate surface area is 202 Å². The number of sulfonamides is 1. The number of hydrogen-bond acceptors (Lipinski definition) is 7. The van der Waals surface area contributed by atoms with Gasteiger partial charge in [0, 0.05) is 24.2 Å². The molecular weight excluding hydrogens is 470 g/mol. The van der Waals surface area contributed by atoms with Crippen LogP contribution in [0.2, 0.25) is 0 Å². The van der Waals surface area contributed by atoms with Gasteiger partial charge in [0.15, 0.2) is 5.78 Å². The molecule has 4 aromatic rings. The third-order valence-electron chi connectivity index (χ3n) is 5.86. The predicted octanol–water partition coefficient (Wildman–Crippen LogP) is 5.04. The average Bonchev–Trinajstić information content (AvgIpc) is 3.37. The van der Waals surface area contributed by atoms with Crippen molar-refractivity contribution in [1.29, 1.82) is 0 Å². The lowest BCUT2D eigenvalue weighted by molar-refractivity contribution is 0.102. The van der Waals surface area contributed by atoms with Gasteiger partial charge in [0.25, 0.3) is 5.22 Å². The van der Waals surface area contributed by atoms with Gasteiger partial charge < -0.3 is 4.42 Å². The maximum Gasteiger partial charge on any atom is 0.277 e. The first kappa shape index (κ1) is 22.8. The topological polar surface area (TPSA) is 93.4 Å². The van der Waals surface area contributed by atoms with E-state index in [1.807, 2.05) is 42.5 Å². The molecule has 1 aliphatic heterocycles. The molecule has 174 valence electrons. The van der Waals surface area contributed by atoms with Crippen LogP contribution in [0.1, 0.15) is 29.6 Å². The second-order valence-corrected chi connectivity index (χ2v) is 11.0. The summed E-state index contributed by atoms with van der Waals surface area (Å²) in [5, 5.41) is 10.3. The highest BCUT2D eigenvalue weighted by molar-refractivity contribution is 7.99. The number of benzene rings is 3. The van der Waals surface area contributed by atoms with Gasteiger partial charge in [0.05, 0.1) is 10.6 Å². The molecule has 2 heterocycles. The summed E-state index contributed by atoms with van der Waals surface area (Å²) in [7, 11) is -3.56. The van der Waals surface area contributed by atoms with Gasteiger partial charge in [-0.25, -0.2) is 8.42 Å². The van der Waals surface area contributed by atoms with E-state index in [4.69, 9.17) is 4.42 Å². The molecule has 0 N–H and O–H groups in total. The van der Waals surface area contributed by atoms with E-state index in [0.717, 1.165) is 41.8 Å². The van der Waals surface area contributed by atoms with Crippen LogP contribution < -0.4 is 0 Å². The monoisotopic (exact) mass is 493 g/mol. The number of carbonyl (C=O) groups excluding carboxylic acids is 1. The lowest BCUT2D eigenvalue weighted by Crippen LogP contribution is -2.35. The normalized spacial score (nSPS) is 14.9. The second kappa shape index (κ2) is 9.69. The van der Waals surface area contributed by atoms with E-state index < -0.39 is 10.0 Å². The standard InChI is InChI=1S/C25H23N3O4S2/c29-23(22-13-7-9-18-8-2-3-12-21(18)22)17-33-25-27-26-24(32-25)19-10-6-11-20(16-19)34(30,31)28-14-4-1-5-15-28/h2-3,6-13,16H,1,4-5,14-15,17H2. The summed E-state index contributed by atoms with van der Waals surface area (Å²) in [5.74, 6) is 0.339. The maximum absolute atomic E-state index is 13.0. The summed E-state index contributed by atoms with van der Waals surface area (Å²) >= 11 is 1.16. The van der Waals surface area contributed by atoms with Crippen molar-refractivity contribution in [3.05, 3.63) is 72.3 Å². The third kappa shape index (κ3) is 4.64. The molecule has 0 spiro atoms. The molecule has 3 aromatic carbocycles. The van der Waals surface area contributed by atoms with Crippen LogP contribution in [-0.4, -0.2) is 47.5 Å². The van der Waals surface area contributed by atoms with Crippen LogP contribution in [0.25, 0.3) is 22.2 Å². The second-order valence-electron chi connectivity index (χ2n) is 8.10. The minimum absolute atomic E-state index is 0.0313. The van der Waals surface area contributed by atoms with Gasteiger partial charge >= 0.3 is 0 Å². The van der Waals surface area contributed by atoms with Crippen molar-refractivity contribution >= 4 is 38.3 Å². The molecular formula is C25H23N3O4S2. The number of nitrogens with zero attached hydrogens (tertiary/aromatic N) is 3. The van der Waals surface area contributed by atoms with Gasteiger partial charge in [-0.3, -0.25) is 4.79 Å². The Bertz CT molecular complexity index is 1440. The molecule has 1 aliphatic rings. The van der Waals surface area contributed by atoms with E-state index in [2.05, 4.69) is 10.2 Å². The molecule has 0 amide bonds. The van der Waals surface area contributed by atoms with Crippen LogP contribution in [0.5, 0.6) is 0 Å². The SMILES string of the molecule is O=C(CSc1nnc(-c2cccc(S(=O)(=O)N3CCCCC3)c2)o1)c1cccc2ccccc12. The van der Waals surface area contributed by atoms with E-state index in [0.29, 0.717) is 24.2 Å². The van der Waals surface area contributed by atoms with Crippen molar-refractivity contribution in [3.8, 4) is 11.5 Å². The Balaban J connectivity index is 1.30. The quantitative estimate of drug-likeness (QED) is 0.263. The van der Waals surface area contributed by atoms with E-state index in [-0.39, 0.29) is 27.5 Å². The minimum atomic E-state index is -3.56. The van der Waals surface area contributed by atoms with Gasteiger partial charge in [-0.1, -0.05) is 66.7 Å². The molecule has 34 heavy (non-hydrogen) atoms. The zero-order valence-corrected chi connectivity index (χ0v) is 20.0. The maximum atomic E-state index is 13.0. The summed E-state index contributed by atoms with van der Waals surface area (Å²) in [4.78, 5) is 13.0. The first-order valence-electron chi connectivity index (χ1n) is 11.1. The summed E-state index contributed by atoms with van der Waals surface area (Å²) < 4.78 is 33.3. The van der Waals surface area contributed by atoms with Gasteiger partial charge in [0.1, 0.15) is 0 Å². The first-order chi connectivity index (χ1) is 16.5. The lowest BCUT2D eigenvalue weighted by Gasteiger charge is -2.25. The summed E-state index contributed by atoms with van der Waals surface area (Å²) in [6.07, 6.45) is 2.80. The number of thioether (sulfide) groups is 1. The zero-order valence-electron chi connectivity index (χ0n) is 18.4. The highest BCUT2D eigenvalue weighted by Crippen LogP contribution is 2.28. The van der Waals surface area contributed by atoms with E-state index >= 15 is 0 Å². The Morgan fingerprint density at radius 2 is 1.71 bits per heavy atom. The molecule has 0 aliphatic carbocycles. The first-order valence-corrected chi connectivity index (χ1v) is 13.5. The Hall–Kier alpha value is -3.01. The molecule has 1 aromatic heterocycles. The summed E-state index contributed by atoms with van der Waals surface area (Å²) in [6.45, 7) is 1.08. The van der Waals surface area contributed by atoms with Gasteiger partial charge in [-0.05, 0) is 41.8 Å². The van der Waals surface area contributed by atoms with Crippen LogP contribution in [0, 0.1) is 0 Å². The van der Waals surface area contributed by atoms with Crippen LogP contribution in [0.4, 0.5) is 0 Å². The number of aromatic nitrogens is 2. The van der Waals surface area contributed by atoms with Crippen molar-refractivity contribution < 1.29 is 17.6 Å². The molecule has 9 heteroatoms. The van der Waals surface area contributed by atoms with Crippen molar-refractivity contribution in [2.75, 3.05) is 18.8 Å². The number of Topliss-reactive ketones (excluding diaryl/α,β-unsaturated/α-hetero) is 1. The van der Waals surface area contributed by atoms with Crippen molar-refractivity contribution in [2.24, 2.45) is 0 Å².